The number of nitrogens with one attached hydrogen (secondary N) is 4. The van der Waals surface area contributed by atoms with E-state index in [0.29, 0.717) is 97.6 Å². The molecule has 12 atom stereocenters. The lowest BCUT2D eigenvalue weighted by Crippen LogP contribution is -2.57. The Bertz CT molecular complexity index is 3280. The minimum atomic E-state index is -1.20. The highest BCUT2D eigenvalue weighted by atomic mass is 35.5. The molecule has 2 saturated carbocycles. The molecule has 0 radical (unpaired) electrons. The fourth-order valence-corrected chi connectivity index (χ4v) is 13.8. The van der Waals surface area contributed by atoms with E-state index < -0.39 is 144 Å². The largest absolute Gasteiger partial charge is 0.618 e. The Morgan fingerprint density at radius 3 is 1.27 bits per heavy atom. The number of carbonyl (C=O) groups is 10. The highest BCUT2D eigenvalue weighted by Gasteiger charge is 2.41. The molecule has 0 saturated heterocycles. The van der Waals surface area contributed by atoms with Gasteiger partial charge in [-0.05, 0) is 141 Å². The monoisotopic (exact) mass is 1480 g/mol. The van der Waals surface area contributed by atoms with Crippen molar-refractivity contribution >= 4 is 82.4 Å². The van der Waals surface area contributed by atoms with Crippen LogP contribution in [0.3, 0.4) is 0 Å². The van der Waals surface area contributed by atoms with Crippen molar-refractivity contribution in [3.63, 3.8) is 0 Å². The number of likely N-dealkylation sites (N-methyl/N-ethyl adjacent to an activating group) is 4. The van der Waals surface area contributed by atoms with Gasteiger partial charge in [-0.15, -0.1) is 0 Å². The third-order valence-electron chi connectivity index (χ3n) is 19.6. The van der Waals surface area contributed by atoms with Crippen molar-refractivity contribution in [2.45, 2.75) is 176 Å². The van der Waals surface area contributed by atoms with Gasteiger partial charge in [0.1, 0.15) is 12.1 Å². The molecule has 0 spiro atoms. The summed E-state index contributed by atoms with van der Waals surface area (Å²) in [5.41, 5.74) is 14.4. The second-order valence-electron chi connectivity index (χ2n) is 27.8. The van der Waals surface area contributed by atoms with Crippen LogP contribution in [0.2, 0.25) is 10.0 Å². The van der Waals surface area contributed by atoms with E-state index in [1.807, 2.05) is 38.0 Å². The zero-order chi connectivity index (χ0) is 76.2. The van der Waals surface area contributed by atoms with Gasteiger partial charge in [0.15, 0.2) is 11.9 Å². The standard InChI is InChI=1S/C73H111Cl2N13O15/c1-82(2)34-31-55(76)68(93)80-59(44-100-9)72(97)84(5)53(36-46-23-27-51(74)28-24-46)42-64(89)78-57-19-13-15-21-61(57)86(7)70(95)49(40-66(91)102-11)38-48-18-17-33-88(99)63(48)39-50(41-67(92)103-12)71(96)87(8)62-22-16-14-20-58(62)79-65(90)43-54(37-47-25-29-52(75)30-26-47)85(6)73(98)60(45-101-10)81-69(94)56(77)32-35-83(3)4/h17-18,23-30,33,49-50,53-62H,13-16,19-22,31-32,34-45,76-77H2,1-12H3,(H,78,89)(H,79,90)(H,80,93)(H,81,94)/t49-,50-,53+,54+,55+,56+,57+,58+,59+,60+,61+,62+/m1/s1. The van der Waals surface area contributed by atoms with Gasteiger partial charge in [0.05, 0.1) is 76.3 Å². The average molecular weight is 1480 g/mol. The average Bonchev–Trinajstić information content (AvgIpc) is 0.819. The number of amides is 8. The fraction of sp³-hybridized carbons (Fsp3) is 0.630. The summed E-state index contributed by atoms with van der Waals surface area (Å²) in [6.45, 7) is 0.736. The van der Waals surface area contributed by atoms with Gasteiger partial charge in [-0.25, -0.2) is 0 Å². The predicted octanol–water partition coefficient (Wildman–Crippen LogP) is 2.58. The highest BCUT2D eigenvalue weighted by molar-refractivity contribution is 6.30. The van der Waals surface area contributed by atoms with Crippen LogP contribution in [0.15, 0.2) is 66.9 Å². The Morgan fingerprint density at radius 1 is 0.524 bits per heavy atom. The van der Waals surface area contributed by atoms with Crippen molar-refractivity contribution in [1.82, 2.24) is 50.7 Å². The molecule has 2 aliphatic rings. The summed E-state index contributed by atoms with van der Waals surface area (Å²) in [7, 11) is 18.9. The Morgan fingerprint density at radius 2 is 0.903 bits per heavy atom. The smallest absolute Gasteiger partial charge is 0.306 e. The molecule has 8 amide bonds. The van der Waals surface area contributed by atoms with Crippen molar-refractivity contribution in [3.8, 4) is 0 Å². The van der Waals surface area contributed by atoms with Crippen LogP contribution in [0, 0.1) is 17.0 Å². The molecule has 0 aliphatic heterocycles. The third kappa shape index (κ3) is 27.1. The zero-order valence-electron chi connectivity index (χ0n) is 62.0. The summed E-state index contributed by atoms with van der Waals surface area (Å²) in [6, 6.07) is 9.21. The summed E-state index contributed by atoms with van der Waals surface area (Å²) in [5, 5.41) is 27.0. The zero-order valence-corrected chi connectivity index (χ0v) is 63.5. The van der Waals surface area contributed by atoms with E-state index in [1.165, 1.54) is 60.3 Å². The number of aromatic nitrogens is 1. The molecule has 3 aromatic rings. The molecule has 0 bridgehead atoms. The van der Waals surface area contributed by atoms with Gasteiger partial charge in [0, 0.05) is 108 Å². The minimum Gasteiger partial charge on any atom is -0.618 e. The SMILES string of the molecule is COC[C@H](NC(=O)[C@@H](N)CCN(C)C)C(=O)N(C)[C@H](CC(=O)N[C@H]1CCCC[C@@H]1N(C)C(=O)[C@@H](CC(=O)OC)Cc1ccc[n+]([O-])c1C[C@H](CC(=O)OC)C(=O)N(C)[C@H]1CCCC[C@@H]1NC(=O)C[C@H](Cc1ccc(Cl)cc1)N(C)C(=O)[C@H](COC)NC(=O)[C@@H](N)CCN(C)C)Cc1ccc(Cl)cc1. The van der Waals surface area contributed by atoms with Crippen molar-refractivity contribution in [2.24, 2.45) is 23.3 Å². The molecular formula is C73H111Cl2N13O15. The molecule has 28 nitrogen and oxygen atoms in total. The molecule has 1 heterocycles. The predicted molar refractivity (Wildman–Crippen MR) is 390 cm³/mol. The number of halogens is 2. The maximum atomic E-state index is 15.2. The normalized spacial score (nSPS) is 18.3. The van der Waals surface area contributed by atoms with Crippen molar-refractivity contribution in [2.75, 3.05) is 111 Å². The van der Waals surface area contributed by atoms with E-state index in [0.717, 1.165) is 11.1 Å². The first-order valence-corrected chi connectivity index (χ1v) is 36.0. The van der Waals surface area contributed by atoms with Gasteiger partial charge in [-0.2, -0.15) is 4.73 Å². The van der Waals surface area contributed by atoms with E-state index in [9.17, 15) is 43.6 Å². The lowest BCUT2D eigenvalue weighted by molar-refractivity contribution is -0.614. The number of benzene rings is 2. The Hall–Kier alpha value is -7.57. The van der Waals surface area contributed by atoms with Gasteiger partial charge in [0.25, 0.3) is 0 Å². The summed E-state index contributed by atoms with van der Waals surface area (Å²) in [6.07, 6.45) is 5.35. The lowest BCUT2D eigenvalue weighted by Gasteiger charge is -2.40. The van der Waals surface area contributed by atoms with E-state index in [2.05, 4.69) is 21.3 Å². The number of ether oxygens (including phenoxy) is 4. The maximum Gasteiger partial charge on any atom is 0.306 e. The van der Waals surface area contributed by atoms with E-state index in [-0.39, 0.29) is 57.4 Å². The van der Waals surface area contributed by atoms with Gasteiger partial charge in [-0.3, -0.25) is 47.9 Å². The molecule has 572 valence electrons. The summed E-state index contributed by atoms with van der Waals surface area (Å²) >= 11 is 12.5. The third-order valence-corrected chi connectivity index (χ3v) is 20.1. The van der Waals surface area contributed by atoms with Crippen LogP contribution < -0.4 is 37.5 Å². The highest BCUT2D eigenvalue weighted by Crippen LogP contribution is 2.30. The molecule has 0 unspecified atom stereocenters. The topological polar surface area (TPSA) is 354 Å². The van der Waals surface area contributed by atoms with Crippen LogP contribution in [0.4, 0.5) is 0 Å². The molecule has 2 aliphatic carbocycles. The molecule has 5 rings (SSSR count). The Kier molecular flexibility index (Phi) is 35.9. The van der Waals surface area contributed by atoms with Crippen LogP contribution in [-0.4, -0.2) is 260 Å². The number of hydrogen-bond acceptors (Lipinski definition) is 19. The van der Waals surface area contributed by atoms with Crippen molar-refractivity contribution in [1.29, 1.82) is 0 Å². The number of rotatable bonds is 40. The van der Waals surface area contributed by atoms with Crippen LogP contribution in [-0.2, 0) is 92.6 Å². The van der Waals surface area contributed by atoms with Crippen LogP contribution in [0.1, 0.15) is 112 Å². The van der Waals surface area contributed by atoms with Gasteiger partial charge in [-0.1, -0.05) is 73.2 Å². The first-order chi connectivity index (χ1) is 48.9. The first kappa shape index (κ1) is 86.1. The number of nitrogens with two attached hydrogens (primary N) is 2. The first-order valence-electron chi connectivity index (χ1n) is 35.3. The van der Waals surface area contributed by atoms with Crippen LogP contribution in [0.25, 0.3) is 0 Å². The molecule has 30 heteroatoms. The van der Waals surface area contributed by atoms with E-state index in [4.69, 9.17) is 53.6 Å². The molecule has 8 N–H and O–H groups in total. The van der Waals surface area contributed by atoms with E-state index in [1.54, 1.807) is 82.8 Å². The molecular weight excluding hydrogens is 1370 g/mol. The molecule has 2 aromatic carbocycles. The second-order valence-corrected chi connectivity index (χ2v) is 28.7. The quantitative estimate of drug-likeness (QED) is 0.0271. The Labute approximate surface area is 616 Å². The van der Waals surface area contributed by atoms with Gasteiger partial charge in [0.2, 0.25) is 47.3 Å². The van der Waals surface area contributed by atoms with Gasteiger partial charge < -0.3 is 86.3 Å². The second kappa shape index (κ2) is 43.0. The molecule has 1 aromatic heterocycles. The maximum absolute atomic E-state index is 15.2. The number of hydrogen-bond donors (Lipinski definition) is 6. The lowest BCUT2D eigenvalue weighted by atomic mass is 9.86. The summed E-state index contributed by atoms with van der Waals surface area (Å²) < 4.78 is 21.6. The van der Waals surface area contributed by atoms with Crippen molar-refractivity contribution < 1.29 is 71.6 Å². The van der Waals surface area contributed by atoms with Crippen LogP contribution >= 0.6 is 23.2 Å². The molecule has 2 fully saturated rings. The number of carbonyl (C=O) groups excluding carboxylic acids is 10. The van der Waals surface area contributed by atoms with Crippen molar-refractivity contribution in [3.05, 3.63) is 104 Å². The Balaban J connectivity index is 1.37. The number of methoxy groups -OCH3 is 4. The summed E-state index contributed by atoms with van der Waals surface area (Å²) in [5.74, 6) is -7.72. The minimum absolute atomic E-state index is 0.0563. The number of esters is 2. The number of pyridine rings is 1. The fourth-order valence-electron chi connectivity index (χ4n) is 13.5. The van der Waals surface area contributed by atoms with Gasteiger partial charge >= 0.3 is 11.9 Å². The van der Waals surface area contributed by atoms with E-state index >= 15 is 9.59 Å². The molecule has 103 heavy (non-hydrogen) atoms. The number of nitrogens with zero attached hydrogens (tertiary/aromatic N) is 7. The summed E-state index contributed by atoms with van der Waals surface area (Å²) in [4.78, 5) is 151. The van der Waals surface area contributed by atoms with Crippen LogP contribution in [0.5, 0.6) is 0 Å².